The van der Waals surface area contributed by atoms with Crippen molar-refractivity contribution >= 4 is 28.6 Å². The van der Waals surface area contributed by atoms with E-state index in [-0.39, 0.29) is 0 Å². The first kappa shape index (κ1) is 21.1. The molecule has 1 amide bonds. The largest absolute Gasteiger partial charge is 0.497 e. The number of carbonyl (C=O) groups is 2. The van der Waals surface area contributed by atoms with Crippen LogP contribution in [-0.4, -0.2) is 35.1 Å². The molecule has 0 saturated carbocycles. The van der Waals surface area contributed by atoms with E-state index in [4.69, 9.17) is 9.47 Å². The zero-order valence-corrected chi connectivity index (χ0v) is 18.0. The lowest BCUT2D eigenvalue weighted by Crippen LogP contribution is -2.30. The van der Waals surface area contributed by atoms with E-state index >= 15 is 0 Å². The van der Waals surface area contributed by atoms with E-state index in [1.807, 2.05) is 31.2 Å². The van der Waals surface area contributed by atoms with Crippen LogP contribution in [0.3, 0.4) is 0 Å². The van der Waals surface area contributed by atoms with Gasteiger partial charge in [-0.2, -0.15) is 0 Å². The number of hydrogen-bond donors (Lipinski definition) is 2. The summed E-state index contributed by atoms with van der Waals surface area (Å²) in [6.07, 6.45) is -0.978. The number of carbonyl (C=O) groups excluding carboxylic acids is 2. The summed E-state index contributed by atoms with van der Waals surface area (Å²) < 4.78 is 10.5. The van der Waals surface area contributed by atoms with Crippen molar-refractivity contribution in [3.05, 3.63) is 77.9 Å². The van der Waals surface area contributed by atoms with Crippen molar-refractivity contribution in [2.24, 2.45) is 0 Å². The fourth-order valence-corrected chi connectivity index (χ4v) is 3.21. The Morgan fingerprint density at radius 3 is 2.56 bits per heavy atom. The van der Waals surface area contributed by atoms with Gasteiger partial charge < -0.3 is 19.8 Å². The molecular weight excluding hydrogens is 406 g/mol. The second kappa shape index (κ2) is 8.93. The summed E-state index contributed by atoms with van der Waals surface area (Å²) in [5.41, 5.74) is 4.46. The Morgan fingerprint density at radius 1 is 1.03 bits per heavy atom. The van der Waals surface area contributed by atoms with E-state index in [9.17, 15) is 9.59 Å². The highest BCUT2D eigenvalue weighted by Gasteiger charge is 2.20. The number of aryl methyl sites for hydroxylation is 1. The van der Waals surface area contributed by atoms with Crippen molar-refractivity contribution in [3.63, 3.8) is 0 Å². The van der Waals surface area contributed by atoms with Crippen LogP contribution in [0.15, 0.2) is 66.7 Å². The molecule has 1 aromatic heterocycles. The van der Waals surface area contributed by atoms with Crippen molar-refractivity contribution in [2.75, 3.05) is 12.4 Å². The van der Waals surface area contributed by atoms with Crippen LogP contribution in [0.25, 0.3) is 22.4 Å². The Bertz CT molecular complexity index is 1280. The summed E-state index contributed by atoms with van der Waals surface area (Å²) in [5, 5.41) is 2.72. The summed E-state index contributed by atoms with van der Waals surface area (Å²) in [7, 11) is 1.55. The lowest BCUT2D eigenvalue weighted by atomic mass is 10.1. The standard InChI is InChI=1S/C25H23N3O4/c1-15-7-9-17(10-8-15)23-27-21-12-11-18(13-22(21)28-23)25(30)32-16(2)24(29)26-19-5-4-6-20(14-19)31-3/h4-14,16H,1-3H3,(H,26,29)(H,27,28). The van der Waals surface area contributed by atoms with Gasteiger partial charge in [0.2, 0.25) is 0 Å². The first-order chi connectivity index (χ1) is 15.4. The fourth-order valence-electron chi connectivity index (χ4n) is 3.21. The van der Waals surface area contributed by atoms with Crippen LogP contribution < -0.4 is 10.1 Å². The zero-order chi connectivity index (χ0) is 22.7. The predicted molar refractivity (Wildman–Crippen MR) is 123 cm³/mol. The number of ether oxygens (including phenoxy) is 2. The van der Waals surface area contributed by atoms with Gasteiger partial charge in [-0.25, -0.2) is 9.78 Å². The SMILES string of the molecule is COc1cccc(NC(=O)C(C)OC(=O)c2ccc3nc(-c4ccc(C)cc4)[nH]c3c2)c1. The molecule has 7 heteroatoms. The Morgan fingerprint density at radius 2 is 1.81 bits per heavy atom. The van der Waals surface area contributed by atoms with Gasteiger partial charge in [0.05, 0.1) is 23.7 Å². The number of aromatic nitrogens is 2. The molecule has 32 heavy (non-hydrogen) atoms. The number of fused-ring (bicyclic) bond motifs is 1. The number of rotatable bonds is 6. The summed E-state index contributed by atoms with van der Waals surface area (Å²) in [5.74, 6) is 0.310. The van der Waals surface area contributed by atoms with Crippen molar-refractivity contribution in [1.29, 1.82) is 0 Å². The summed E-state index contributed by atoms with van der Waals surface area (Å²) >= 11 is 0. The number of nitrogens with one attached hydrogen (secondary N) is 2. The average Bonchev–Trinajstić information content (AvgIpc) is 3.23. The molecule has 4 aromatic rings. The van der Waals surface area contributed by atoms with Gasteiger partial charge in [0.25, 0.3) is 5.91 Å². The Kier molecular flexibility index (Phi) is 5.89. The molecule has 0 spiro atoms. The van der Waals surface area contributed by atoms with Gasteiger partial charge in [-0.3, -0.25) is 4.79 Å². The molecule has 0 aliphatic carbocycles. The number of methoxy groups -OCH3 is 1. The number of H-pyrrole nitrogens is 1. The van der Waals surface area contributed by atoms with Gasteiger partial charge >= 0.3 is 5.97 Å². The highest BCUT2D eigenvalue weighted by atomic mass is 16.5. The van der Waals surface area contributed by atoms with Crippen molar-refractivity contribution in [3.8, 4) is 17.1 Å². The lowest BCUT2D eigenvalue weighted by Gasteiger charge is -2.14. The molecular formula is C25H23N3O4. The fraction of sp³-hybridized carbons (Fsp3) is 0.160. The number of hydrogen-bond acceptors (Lipinski definition) is 5. The van der Waals surface area contributed by atoms with Crippen LogP contribution in [0.2, 0.25) is 0 Å². The third-order valence-electron chi connectivity index (χ3n) is 5.03. The zero-order valence-electron chi connectivity index (χ0n) is 18.0. The van der Waals surface area contributed by atoms with Crippen molar-refractivity contribution in [1.82, 2.24) is 9.97 Å². The lowest BCUT2D eigenvalue weighted by molar-refractivity contribution is -0.123. The number of imidazole rings is 1. The van der Waals surface area contributed by atoms with Gasteiger partial charge in [0.1, 0.15) is 11.6 Å². The molecule has 0 fully saturated rings. The Hall–Kier alpha value is -4.13. The van der Waals surface area contributed by atoms with Crippen LogP contribution >= 0.6 is 0 Å². The molecule has 0 aliphatic rings. The number of anilines is 1. The van der Waals surface area contributed by atoms with Gasteiger partial charge in [-0.1, -0.05) is 35.9 Å². The normalized spacial score (nSPS) is 11.7. The molecule has 0 saturated heterocycles. The van der Waals surface area contributed by atoms with Gasteiger partial charge in [-0.15, -0.1) is 0 Å². The molecule has 0 aliphatic heterocycles. The number of benzene rings is 3. The first-order valence-electron chi connectivity index (χ1n) is 10.2. The van der Waals surface area contributed by atoms with Crippen LogP contribution in [0, 0.1) is 6.92 Å². The number of aromatic amines is 1. The maximum absolute atomic E-state index is 12.6. The van der Waals surface area contributed by atoms with Crippen LogP contribution in [0.4, 0.5) is 5.69 Å². The highest BCUT2D eigenvalue weighted by Crippen LogP contribution is 2.22. The van der Waals surface area contributed by atoms with E-state index in [1.54, 1.807) is 49.6 Å². The van der Waals surface area contributed by atoms with E-state index < -0.39 is 18.0 Å². The second-order valence-corrected chi connectivity index (χ2v) is 7.45. The maximum Gasteiger partial charge on any atom is 0.338 e. The third kappa shape index (κ3) is 4.62. The van der Waals surface area contributed by atoms with Crippen LogP contribution in [0.5, 0.6) is 5.75 Å². The number of nitrogens with zero attached hydrogens (tertiary/aromatic N) is 1. The number of amides is 1. The topological polar surface area (TPSA) is 93.3 Å². The average molecular weight is 429 g/mol. The van der Waals surface area contributed by atoms with Crippen LogP contribution in [0.1, 0.15) is 22.8 Å². The van der Waals surface area contributed by atoms with Gasteiger partial charge in [0.15, 0.2) is 6.10 Å². The Labute approximate surface area is 185 Å². The van der Waals surface area contributed by atoms with E-state index in [2.05, 4.69) is 15.3 Å². The molecule has 1 atom stereocenters. The summed E-state index contributed by atoms with van der Waals surface area (Å²) in [6, 6.07) is 20.0. The molecule has 1 unspecified atom stereocenters. The molecule has 3 aromatic carbocycles. The maximum atomic E-state index is 12.6. The summed E-state index contributed by atoms with van der Waals surface area (Å²) in [6.45, 7) is 3.55. The molecule has 2 N–H and O–H groups in total. The molecule has 1 heterocycles. The second-order valence-electron chi connectivity index (χ2n) is 7.45. The molecule has 162 valence electrons. The van der Waals surface area contributed by atoms with Crippen molar-refractivity contribution in [2.45, 2.75) is 20.0 Å². The minimum Gasteiger partial charge on any atom is -0.497 e. The van der Waals surface area contributed by atoms with Gasteiger partial charge in [0, 0.05) is 17.3 Å². The van der Waals surface area contributed by atoms with E-state index in [0.717, 1.165) is 16.9 Å². The third-order valence-corrected chi connectivity index (χ3v) is 5.03. The monoisotopic (exact) mass is 429 g/mol. The molecule has 4 rings (SSSR count). The number of esters is 1. The van der Waals surface area contributed by atoms with Crippen LogP contribution in [-0.2, 0) is 9.53 Å². The highest BCUT2D eigenvalue weighted by molar-refractivity contribution is 5.98. The van der Waals surface area contributed by atoms with Crippen molar-refractivity contribution < 1.29 is 19.1 Å². The molecule has 0 bridgehead atoms. The minimum atomic E-state index is -0.978. The first-order valence-corrected chi connectivity index (χ1v) is 10.2. The smallest absolute Gasteiger partial charge is 0.338 e. The molecule has 7 nitrogen and oxygen atoms in total. The molecule has 0 radical (unpaired) electrons. The Balaban J connectivity index is 1.45. The quantitative estimate of drug-likeness (QED) is 0.432. The summed E-state index contributed by atoms with van der Waals surface area (Å²) in [4.78, 5) is 32.9. The predicted octanol–water partition coefficient (Wildman–Crippen LogP) is 4.73. The van der Waals surface area contributed by atoms with E-state index in [0.29, 0.717) is 22.5 Å². The van der Waals surface area contributed by atoms with Gasteiger partial charge in [-0.05, 0) is 44.2 Å². The van der Waals surface area contributed by atoms with E-state index in [1.165, 1.54) is 12.5 Å². The minimum absolute atomic E-state index is 0.331.